The molecular weight excluding hydrogens is 594 g/mol. The quantitative estimate of drug-likeness (QED) is 0.197. The first-order valence-electron chi connectivity index (χ1n) is 15.9. The van der Waals surface area contributed by atoms with Gasteiger partial charge in [0.1, 0.15) is 28.1 Å². The highest BCUT2D eigenvalue weighted by molar-refractivity contribution is 6.07. The summed E-state index contributed by atoms with van der Waals surface area (Å²) < 4.78 is 16.7. The average molecular weight is 618 g/mol. The number of imidazole rings is 2. The summed E-state index contributed by atoms with van der Waals surface area (Å²) in [5.74, 6) is 2.13. The normalized spacial score (nSPS) is 12.2. The van der Waals surface area contributed by atoms with Gasteiger partial charge in [-0.25, -0.2) is 15.0 Å². The van der Waals surface area contributed by atoms with Crippen LogP contribution < -0.4 is 0 Å². The maximum Gasteiger partial charge on any atom is 0.221 e. The van der Waals surface area contributed by atoms with Crippen LogP contribution in [0.1, 0.15) is 0 Å². The number of hydrogen-bond donors (Lipinski definition) is 0. The molecule has 0 fully saturated rings. The van der Waals surface area contributed by atoms with Crippen molar-refractivity contribution in [3.8, 4) is 28.5 Å². The Morgan fingerprint density at radius 3 is 1.77 bits per heavy atom. The summed E-state index contributed by atoms with van der Waals surface area (Å²) in [4.78, 5) is 15.6. The van der Waals surface area contributed by atoms with E-state index in [9.17, 15) is 0 Å². The van der Waals surface area contributed by atoms with Crippen LogP contribution in [0.5, 0.6) is 0 Å². The second-order valence-corrected chi connectivity index (χ2v) is 12.1. The molecule has 0 radical (unpaired) electrons. The van der Waals surface area contributed by atoms with Gasteiger partial charge < -0.3 is 8.83 Å². The molecule has 0 aliphatic carbocycles. The highest BCUT2D eigenvalue weighted by atomic mass is 16.3. The van der Waals surface area contributed by atoms with Crippen molar-refractivity contribution >= 4 is 71.7 Å². The monoisotopic (exact) mass is 617 g/mol. The Morgan fingerprint density at radius 1 is 0.438 bits per heavy atom. The first-order chi connectivity index (χ1) is 23.8. The molecule has 0 aliphatic heterocycles. The minimum absolute atomic E-state index is 0.610. The number of furan rings is 2. The van der Waals surface area contributed by atoms with Crippen LogP contribution in [0.2, 0.25) is 0 Å². The fourth-order valence-corrected chi connectivity index (χ4v) is 7.15. The summed E-state index contributed by atoms with van der Waals surface area (Å²) in [5, 5.41) is 4.20. The van der Waals surface area contributed by atoms with Crippen molar-refractivity contribution < 1.29 is 8.83 Å². The standard InChI is InChI=1S/C41H23N5O2/c1-7-15-35-26(9-1)28-21-24(17-19-37(28)47-35)31-23-39(44-40(42-31)25-18-20-38-29(22-25)27-10-2-8-16-36(27)48-38)46-34-14-6-5-13-33(34)45-32-12-4-3-11-30(32)43-41(45)46/h1-23H. The third-order valence-corrected chi connectivity index (χ3v) is 9.36. The van der Waals surface area contributed by atoms with E-state index in [0.29, 0.717) is 5.82 Å². The van der Waals surface area contributed by atoms with Crippen molar-refractivity contribution in [3.05, 3.63) is 140 Å². The van der Waals surface area contributed by atoms with Crippen LogP contribution in [0.25, 0.3) is 100 Å². The van der Waals surface area contributed by atoms with Crippen molar-refractivity contribution in [1.82, 2.24) is 23.9 Å². The molecule has 0 unspecified atom stereocenters. The first-order valence-corrected chi connectivity index (χ1v) is 15.9. The molecule has 0 N–H and O–H groups in total. The number of para-hydroxylation sites is 6. The minimum atomic E-state index is 0.610. The lowest BCUT2D eigenvalue weighted by molar-refractivity contribution is 0.668. The van der Waals surface area contributed by atoms with Gasteiger partial charge in [0.05, 0.1) is 27.8 Å². The van der Waals surface area contributed by atoms with E-state index in [4.69, 9.17) is 23.8 Å². The Labute approximate surface area is 271 Å². The Balaban J connectivity index is 1.21. The second kappa shape index (κ2) is 9.40. The Kier molecular flexibility index (Phi) is 4.99. The molecule has 7 heteroatoms. The van der Waals surface area contributed by atoms with Crippen LogP contribution in [-0.2, 0) is 0 Å². The topological polar surface area (TPSA) is 74.3 Å². The van der Waals surface area contributed by atoms with E-state index in [-0.39, 0.29) is 0 Å². The van der Waals surface area contributed by atoms with Crippen LogP contribution in [-0.4, -0.2) is 23.9 Å². The fourth-order valence-electron chi connectivity index (χ4n) is 7.15. The number of fused-ring (bicyclic) bond motifs is 11. The molecular formula is C41H23N5O2. The largest absolute Gasteiger partial charge is 0.456 e. The number of aromatic nitrogens is 5. The Bertz CT molecular complexity index is 2950. The molecule has 0 atom stereocenters. The molecule has 11 aromatic rings. The third kappa shape index (κ3) is 3.55. The van der Waals surface area contributed by atoms with Crippen LogP contribution in [0, 0.1) is 0 Å². The zero-order chi connectivity index (χ0) is 31.3. The summed E-state index contributed by atoms with van der Waals surface area (Å²) in [6.45, 7) is 0. The summed E-state index contributed by atoms with van der Waals surface area (Å²) >= 11 is 0. The van der Waals surface area contributed by atoms with Gasteiger partial charge in [-0.05, 0) is 72.8 Å². The molecule has 0 saturated carbocycles. The van der Waals surface area contributed by atoms with Gasteiger partial charge in [-0.2, -0.15) is 0 Å². The van der Waals surface area contributed by atoms with Gasteiger partial charge in [0.2, 0.25) is 5.78 Å². The van der Waals surface area contributed by atoms with Gasteiger partial charge in [-0.1, -0.05) is 60.7 Å². The van der Waals surface area contributed by atoms with E-state index in [0.717, 1.165) is 94.4 Å². The molecule has 7 nitrogen and oxygen atoms in total. The maximum atomic E-state index is 6.16. The summed E-state index contributed by atoms with van der Waals surface area (Å²) in [7, 11) is 0. The predicted molar refractivity (Wildman–Crippen MR) is 191 cm³/mol. The smallest absolute Gasteiger partial charge is 0.221 e. The lowest BCUT2D eigenvalue weighted by Crippen LogP contribution is -2.03. The second-order valence-electron chi connectivity index (χ2n) is 12.1. The van der Waals surface area contributed by atoms with Gasteiger partial charge in [-0.15, -0.1) is 0 Å². The van der Waals surface area contributed by atoms with Crippen molar-refractivity contribution in [2.45, 2.75) is 0 Å². The molecule has 224 valence electrons. The van der Waals surface area contributed by atoms with Crippen LogP contribution in [0.15, 0.2) is 148 Å². The summed E-state index contributed by atoms with van der Waals surface area (Å²) in [5.41, 5.74) is 10.1. The number of benzene rings is 6. The highest BCUT2D eigenvalue weighted by Crippen LogP contribution is 2.36. The average Bonchev–Trinajstić information content (AvgIpc) is 3.89. The minimum Gasteiger partial charge on any atom is -0.456 e. The zero-order valence-corrected chi connectivity index (χ0v) is 25.3. The van der Waals surface area contributed by atoms with E-state index in [1.165, 1.54) is 0 Å². The molecule has 6 aromatic carbocycles. The number of hydrogen-bond acceptors (Lipinski definition) is 5. The lowest BCUT2D eigenvalue weighted by atomic mass is 10.1. The first kappa shape index (κ1) is 25.5. The summed E-state index contributed by atoms with van der Waals surface area (Å²) in [6, 6.07) is 47.3. The third-order valence-electron chi connectivity index (χ3n) is 9.36. The SMILES string of the molecule is c1ccc2c(c1)nc1n(-c3cc(-c4ccc5oc6ccccc6c5c4)nc(-c4ccc5oc6ccccc6c5c4)n3)c3ccccc3n21. The lowest BCUT2D eigenvalue weighted by Gasteiger charge is -2.11. The number of nitrogens with zero attached hydrogens (tertiary/aromatic N) is 5. The molecule has 0 amide bonds. The van der Waals surface area contributed by atoms with Crippen molar-refractivity contribution in [2.75, 3.05) is 0 Å². The Morgan fingerprint density at radius 2 is 1.02 bits per heavy atom. The van der Waals surface area contributed by atoms with Gasteiger partial charge in [-0.3, -0.25) is 8.97 Å². The van der Waals surface area contributed by atoms with Gasteiger partial charge in [0.25, 0.3) is 0 Å². The maximum absolute atomic E-state index is 6.16. The van der Waals surface area contributed by atoms with Crippen LogP contribution >= 0.6 is 0 Å². The fraction of sp³-hybridized carbons (Fsp3) is 0. The van der Waals surface area contributed by atoms with E-state index < -0.39 is 0 Å². The van der Waals surface area contributed by atoms with Crippen molar-refractivity contribution in [2.24, 2.45) is 0 Å². The van der Waals surface area contributed by atoms with Crippen molar-refractivity contribution in [1.29, 1.82) is 0 Å². The molecule has 0 saturated heterocycles. The van der Waals surface area contributed by atoms with Crippen LogP contribution in [0.4, 0.5) is 0 Å². The van der Waals surface area contributed by atoms with E-state index in [1.54, 1.807) is 0 Å². The predicted octanol–water partition coefficient (Wildman–Crippen LogP) is 10.4. The van der Waals surface area contributed by atoms with E-state index >= 15 is 0 Å². The highest BCUT2D eigenvalue weighted by Gasteiger charge is 2.20. The number of rotatable bonds is 3. The molecule has 0 bridgehead atoms. The zero-order valence-electron chi connectivity index (χ0n) is 25.3. The van der Waals surface area contributed by atoms with E-state index in [2.05, 4.69) is 81.8 Å². The molecule has 0 aliphatic rings. The molecule has 11 rings (SSSR count). The Hall–Kier alpha value is -6.73. The molecule has 5 aromatic heterocycles. The molecule has 48 heavy (non-hydrogen) atoms. The van der Waals surface area contributed by atoms with Gasteiger partial charge in [0.15, 0.2) is 5.82 Å². The molecule has 5 heterocycles. The summed E-state index contributed by atoms with van der Waals surface area (Å²) in [6.07, 6.45) is 0. The van der Waals surface area contributed by atoms with E-state index in [1.807, 2.05) is 66.7 Å². The van der Waals surface area contributed by atoms with Gasteiger partial charge in [0, 0.05) is 38.7 Å². The van der Waals surface area contributed by atoms with Crippen LogP contribution in [0.3, 0.4) is 0 Å². The van der Waals surface area contributed by atoms with Gasteiger partial charge >= 0.3 is 0 Å². The molecule has 0 spiro atoms. The van der Waals surface area contributed by atoms with Crippen molar-refractivity contribution in [3.63, 3.8) is 0 Å².